The Morgan fingerprint density at radius 1 is 1.25 bits per heavy atom. The summed E-state index contributed by atoms with van der Waals surface area (Å²) in [7, 11) is 0. The quantitative estimate of drug-likeness (QED) is 0.708. The lowest BCUT2D eigenvalue weighted by Gasteiger charge is -2.07. The van der Waals surface area contributed by atoms with Gasteiger partial charge in [-0.15, -0.1) is 0 Å². The molecule has 0 aliphatic rings. The normalized spacial score (nSPS) is 15.7. The Labute approximate surface area is 90.6 Å². The van der Waals surface area contributed by atoms with Crippen LogP contribution in [0.4, 0.5) is 0 Å². The van der Waals surface area contributed by atoms with Gasteiger partial charge in [-0.2, -0.15) is 0 Å². The topological polar surface area (TPSA) is 0 Å². The molecule has 0 saturated carbocycles. The molecule has 0 aliphatic heterocycles. The zero-order chi connectivity index (χ0) is 9.14. The zero-order valence-electron chi connectivity index (χ0n) is 7.14. The van der Waals surface area contributed by atoms with E-state index in [1.807, 2.05) is 6.07 Å². The first-order valence-electron chi connectivity index (χ1n) is 3.91. The van der Waals surface area contributed by atoms with Crippen LogP contribution in [-0.2, 0) is 0 Å². The van der Waals surface area contributed by atoms with Crippen LogP contribution < -0.4 is 0 Å². The minimum Gasteiger partial charge on any atom is -0.0842 e. The molecule has 0 amide bonds. The standard InChI is InChI=1S/C10H11Br2/c1-7(11)9-4-3-5-10(6-9)8(2)12/h3-4,6-8H,1-2H3. The summed E-state index contributed by atoms with van der Waals surface area (Å²) in [5.74, 6) is 0. The highest BCUT2D eigenvalue weighted by atomic mass is 79.9. The lowest BCUT2D eigenvalue weighted by atomic mass is 10.1. The van der Waals surface area contributed by atoms with Crippen molar-refractivity contribution >= 4 is 31.9 Å². The fourth-order valence-corrected chi connectivity index (χ4v) is 1.53. The number of hydrogen-bond donors (Lipinski definition) is 0. The van der Waals surface area contributed by atoms with Crippen molar-refractivity contribution in [3.8, 4) is 0 Å². The molecule has 1 aromatic rings. The minimum atomic E-state index is 0.378. The van der Waals surface area contributed by atoms with Gasteiger partial charge in [-0.3, -0.25) is 0 Å². The van der Waals surface area contributed by atoms with Crippen LogP contribution >= 0.6 is 31.9 Å². The monoisotopic (exact) mass is 289 g/mol. The van der Waals surface area contributed by atoms with Gasteiger partial charge in [0.1, 0.15) is 0 Å². The number of halogens is 2. The molecule has 0 heterocycles. The van der Waals surface area contributed by atoms with E-state index in [0.29, 0.717) is 9.65 Å². The van der Waals surface area contributed by atoms with Crippen LogP contribution in [0.25, 0.3) is 0 Å². The maximum atomic E-state index is 3.54. The van der Waals surface area contributed by atoms with E-state index in [-0.39, 0.29) is 0 Å². The molecule has 0 saturated heterocycles. The van der Waals surface area contributed by atoms with Crippen LogP contribution in [0, 0.1) is 6.07 Å². The fourth-order valence-electron chi connectivity index (χ4n) is 0.981. The number of alkyl halides is 2. The maximum absolute atomic E-state index is 3.54. The summed E-state index contributed by atoms with van der Waals surface area (Å²) in [6.07, 6.45) is 0. The van der Waals surface area contributed by atoms with E-state index in [4.69, 9.17) is 0 Å². The predicted octanol–water partition coefficient (Wildman–Crippen LogP) is 4.40. The van der Waals surface area contributed by atoms with E-state index in [1.54, 1.807) is 0 Å². The molecular weight excluding hydrogens is 280 g/mol. The Kier molecular flexibility index (Phi) is 3.78. The summed E-state index contributed by atoms with van der Waals surface area (Å²) in [5, 5.41) is 0. The molecule has 1 radical (unpaired) electrons. The fraction of sp³-hybridized carbons (Fsp3) is 0.400. The third-order valence-corrected chi connectivity index (χ3v) is 2.76. The summed E-state index contributed by atoms with van der Waals surface area (Å²) in [6.45, 7) is 4.23. The Bertz CT molecular complexity index is 231. The van der Waals surface area contributed by atoms with Gasteiger partial charge >= 0.3 is 0 Å². The molecule has 2 atom stereocenters. The van der Waals surface area contributed by atoms with E-state index in [9.17, 15) is 0 Å². The summed E-state index contributed by atoms with van der Waals surface area (Å²) in [4.78, 5) is 0.792. The molecule has 0 fully saturated rings. The first-order chi connectivity index (χ1) is 5.61. The first-order valence-corrected chi connectivity index (χ1v) is 5.74. The van der Waals surface area contributed by atoms with Gasteiger partial charge in [-0.1, -0.05) is 50.1 Å². The van der Waals surface area contributed by atoms with Crippen LogP contribution in [0.5, 0.6) is 0 Å². The zero-order valence-corrected chi connectivity index (χ0v) is 10.3. The Morgan fingerprint density at radius 3 is 2.42 bits per heavy atom. The van der Waals surface area contributed by atoms with Crippen molar-refractivity contribution in [3.05, 3.63) is 35.4 Å². The van der Waals surface area contributed by atoms with Crippen LogP contribution in [0.3, 0.4) is 0 Å². The minimum absolute atomic E-state index is 0.378. The lowest BCUT2D eigenvalue weighted by Crippen LogP contribution is -1.88. The smallest absolute Gasteiger partial charge is 0.0373 e. The average molecular weight is 291 g/mol. The molecule has 0 spiro atoms. The summed E-state index contributed by atoms with van der Waals surface area (Å²) >= 11 is 7.06. The third kappa shape index (κ3) is 2.60. The van der Waals surface area contributed by atoms with E-state index >= 15 is 0 Å². The van der Waals surface area contributed by atoms with Gasteiger partial charge in [-0.25, -0.2) is 0 Å². The van der Waals surface area contributed by atoms with E-state index < -0.39 is 0 Å². The maximum Gasteiger partial charge on any atom is 0.0373 e. The molecular formula is C10H11Br2. The van der Waals surface area contributed by atoms with Gasteiger partial charge in [0.15, 0.2) is 0 Å². The number of hydrogen-bond acceptors (Lipinski definition) is 0. The number of rotatable bonds is 2. The van der Waals surface area contributed by atoms with Gasteiger partial charge in [0.05, 0.1) is 0 Å². The van der Waals surface area contributed by atoms with Crippen LogP contribution in [-0.4, -0.2) is 0 Å². The molecule has 0 aliphatic carbocycles. The SMILES string of the molecule is CC(Br)c1[c]ccc(C(C)Br)c1. The number of benzene rings is 1. The van der Waals surface area contributed by atoms with Crippen LogP contribution in [0.2, 0.25) is 0 Å². The predicted molar refractivity (Wildman–Crippen MR) is 60.0 cm³/mol. The van der Waals surface area contributed by atoms with Crippen molar-refractivity contribution in [1.29, 1.82) is 0 Å². The van der Waals surface area contributed by atoms with E-state index in [2.05, 4.69) is 63.9 Å². The van der Waals surface area contributed by atoms with Crippen LogP contribution in [0.1, 0.15) is 34.6 Å². The lowest BCUT2D eigenvalue weighted by molar-refractivity contribution is 1.07. The van der Waals surface area contributed by atoms with E-state index in [1.165, 1.54) is 11.1 Å². The third-order valence-electron chi connectivity index (χ3n) is 1.74. The van der Waals surface area contributed by atoms with Crippen molar-refractivity contribution < 1.29 is 0 Å². The Hall–Kier alpha value is 0.180. The van der Waals surface area contributed by atoms with Gasteiger partial charge in [0.25, 0.3) is 0 Å². The molecule has 1 aromatic carbocycles. The van der Waals surface area contributed by atoms with Gasteiger partial charge in [0.2, 0.25) is 0 Å². The summed E-state index contributed by atoms with van der Waals surface area (Å²) in [5.41, 5.74) is 2.51. The molecule has 12 heavy (non-hydrogen) atoms. The highest BCUT2D eigenvalue weighted by Gasteiger charge is 2.04. The van der Waals surface area contributed by atoms with Crippen molar-refractivity contribution in [2.75, 3.05) is 0 Å². The molecule has 0 N–H and O–H groups in total. The Balaban J connectivity index is 2.96. The molecule has 0 nitrogen and oxygen atoms in total. The van der Waals surface area contributed by atoms with Crippen molar-refractivity contribution in [1.82, 2.24) is 0 Å². The van der Waals surface area contributed by atoms with Gasteiger partial charge in [-0.05, 0) is 31.0 Å². The molecule has 0 aromatic heterocycles. The highest BCUT2D eigenvalue weighted by molar-refractivity contribution is 9.09. The second-order valence-electron chi connectivity index (χ2n) is 2.81. The molecule has 1 rings (SSSR count). The van der Waals surface area contributed by atoms with Gasteiger partial charge in [0, 0.05) is 9.65 Å². The average Bonchev–Trinajstić information content (AvgIpc) is 2.04. The molecule has 65 valence electrons. The molecule has 2 heteroatoms. The molecule has 2 unspecified atom stereocenters. The van der Waals surface area contributed by atoms with Crippen molar-refractivity contribution in [2.45, 2.75) is 23.5 Å². The van der Waals surface area contributed by atoms with Crippen molar-refractivity contribution in [3.63, 3.8) is 0 Å². The highest BCUT2D eigenvalue weighted by Crippen LogP contribution is 2.27. The van der Waals surface area contributed by atoms with Crippen LogP contribution in [0.15, 0.2) is 18.2 Å². The second kappa shape index (κ2) is 4.43. The largest absolute Gasteiger partial charge is 0.0842 e. The molecule has 0 bridgehead atoms. The summed E-state index contributed by atoms with van der Waals surface area (Å²) in [6, 6.07) is 9.41. The van der Waals surface area contributed by atoms with Gasteiger partial charge < -0.3 is 0 Å². The van der Waals surface area contributed by atoms with Crippen molar-refractivity contribution in [2.24, 2.45) is 0 Å². The summed E-state index contributed by atoms with van der Waals surface area (Å²) < 4.78 is 0. The second-order valence-corrected chi connectivity index (χ2v) is 5.56. The first kappa shape index (κ1) is 10.3. The van der Waals surface area contributed by atoms with E-state index in [0.717, 1.165) is 0 Å². The Morgan fingerprint density at radius 2 is 1.92 bits per heavy atom.